The number of nitrogens with one attached hydrogen (secondary N) is 1. The quantitative estimate of drug-likeness (QED) is 0.772. The Labute approximate surface area is 175 Å². The molecular weight excluding hydrogens is 421 g/mol. The summed E-state index contributed by atoms with van der Waals surface area (Å²) in [5, 5.41) is 3.70. The van der Waals surface area contributed by atoms with Crippen molar-refractivity contribution in [3.8, 4) is 0 Å². The summed E-state index contributed by atoms with van der Waals surface area (Å²) in [6.45, 7) is 2.93. The van der Waals surface area contributed by atoms with Crippen LogP contribution >= 0.6 is 23.2 Å². The molecule has 1 fully saturated rings. The molecule has 6 nitrogen and oxygen atoms in total. The molecule has 1 aliphatic rings. The average molecular weight is 442 g/mol. The van der Waals surface area contributed by atoms with Crippen molar-refractivity contribution in [3.63, 3.8) is 0 Å². The van der Waals surface area contributed by atoms with Gasteiger partial charge in [-0.3, -0.25) is 9.69 Å². The van der Waals surface area contributed by atoms with Gasteiger partial charge in [0.25, 0.3) is 5.91 Å². The fourth-order valence-electron chi connectivity index (χ4n) is 3.12. The molecule has 1 N–H and O–H groups in total. The summed E-state index contributed by atoms with van der Waals surface area (Å²) in [5.74, 6) is -0.248. The number of carbonyl (C=O) groups excluding carboxylic acids is 1. The van der Waals surface area contributed by atoms with Crippen LogP contribution in [0.25, 0.3) is 0 Å². The second-order valence-electron chi connectivity index (χ2n) is 6.75. The van der Waals surface area contributed by atoms with Crippen LogP contribution in [-0.4, -0.2) is 56.0 Å². The van der Waals surface area contributed by atoms with Crippen LogP contribution < -0.4 is 5.32 Å². The Morgan fingerprint density at radius 2 is 1.68 bits per heavy atom. The van der Waals surface area contributed by atoms with E-state index in [0.717, 1.165) is 5.56 Å². The molecule has 9 heteroatoms. The fourth-order valence-corrected chi connectivity index (χ4v) is 4.47. The Morgan fingerprint density at radius 3 is 2.29 bits per heavy atom. The van der Waals surface area contributed by atoms with E-state index in [-0.39, 0.29) is 5.91 Å². The summed E-state index contributed by atoms with van der Waals surface area (Å²) in [6.07, 6.45) is 1.23. The molecule has 0 aliphatic carbocycles. The van der Waals surface area contributed by atoms with Gasteiger partial charge in [0.1, 0.15) is 0 Å². The van der Waals surface area contributed by atoms with Crippen LogP contribution in [0.1, 0.15) is 15.9 Å². The lowest BCUT2D eigenvalue weighted by Crippen LogP contribution is -2.47. The molecule has 1 saturated heterocycles. The predicted octanol–water partition coefficient (Wildman–Crippen LogP) is 3.32. The lowest BCUT2D eigenvalue weighted by Gasteiger charge is -2.33. The van der Waals surface area contributed by atoms with Crippen molar-refractivity contribution in [2.24, 2.45) is 0 Å². The number of hydrogen-bond acceptors (Lipinski definition) is 4. The van der Waals surface area contributed by atoms with Crippen LogP contribution in [0.15, 0.2) is 42.5 Å². The normalized spacial score (nSPS) is 16.1. The summed E-state index contributed by atoms with van der Waals surface area (Å²) < 4.78 is 24.7. The van der Waals surface area contributed by atoms with Crippen LogP contribution in [0.5, 0.6) is 0 Å². The zero-order valence-corrected chi connectivity index (χ0v) is 17.7. The SMILES string of the molecule is CS(=O)(=O)N1CCN(Cc2cccc(C(=O)Nc3cc(Cl)cc(Cl)c3)c2)CC1. The number of piperazine rings is 1. The van der Waals surface area contributed by atoms with Gasteiger partial charge in [0.05, 0.1) is 6.26 Å². The first kappa shape index (κ1) is 21.1. The number of amides is 1. The van der Waals surface area contributed by atoms with E-state index in [2.05, 4.69) is 10.2 Å². The molecule has 0 saturated carbocycles. The smallest absolute Gasteiger partial charge is 0.255 e. The molecule has 1 amide bonds. The maximum absolute atomic E-state index is 12.6. The molecule has 28 heavy (non-hydrogen) atoms. The zero-order valence-electron chi connectivity index (χ0n) is 15.4. The van der Waals surface area contributed by atoms with E-state index in [0.29, 0.717) is 54.0 Å². The van der Waals surface area contributed by atoms with E-state index in [1.165, 1.54) is 10.6 Å². The highest BCUT2D eigenvalue weighted by atomic mass is 35.5. The number of nitrogens with zero attached hydrogens (tertiary/aromatic N) is 2. The zero-order chi connectivity index (χ0) is 20.3. The maximum atomic E-state index is 12.6. The van der Waals surface area contributed by atoms with E-state index in [1.807, 2.05) is 18.2 Å². The van der Waals surface area contributed by atoms with Crippen molar-refractivity contribution in [2.75, 3.05) is 37.8 Å². The first-order valence-electron chi connectivity index (χ1n) is 8.74. The minimum absolute atomic E-state index is 0.248. The number of anilines is 1. The number of benzene rings is 2. The largest absolute Gasteiger partial charge is 0.322 e. The van der Waals surface area contributed by atoms with Crippen LogP contribution in [0.4, 0.5) is 5.69 Å². The van der Waals surface area contributed by atoms with E-state index < -0.39 is 10.0 Å². The average Bonchev–Trinajstić information content (AvgIpc) is 2.61. The van der Waals surface area contributed by atoms with Gasteiger partial charge in [-0.15, -0.1) is 0 Å². The summed E-state index contributed by atoms with van der Waals surface area (Å²) in [4.78, 5) is 14.7. The molecule has 2 aromatic carbocycles. The van der Waals surface area contributed by atoms with E-state index in [1.54, 1.807) is 24.3 Å². The number of hydrogen-bond donors (Lipinski definition) is 1. The first-order chi connectivity index (χ1) is 13.2. The fraction of sp³-hybridized carbons (Fsp3) is 0.316. The molecule has 0 unspecified atom stereocenters. The van der Waals surface area contributed by atoms with Gasteiger partial charge in [0, 0.05) is 54.0 Å². The van der Waals surface area contributed by atoms with Gasteiger partial charge in [-0.2, -0.15) is 4.31 Å². The van der Waals surface area contributed by atoms with Crippen LogP contribution in [0, 0.1) is 0 Å². The van der Waals surface area contributed by atoms with E-state index in [4.69, 9.17) is 23.2 Å². The second-order valence-corrected chi connectivity index (χ2v) is 9.61. The number of sulfonamides is 1. The van der Waals surface area contributed by atoms with E-state index >= 15 is 0 Å². The second kappa shape index (κ2) is 8.80. The summed E-state index contributed by atoms with van der Waals surface area (Å²) in [5.41, 5.74) is 2.05. The lowest BCUT2D eigenvalue weighted by molar-refractivity contribution is 0.102. The molecule has 0 atom stereocenters. The summed E-state index contributed by atoms with van der Waals surface area (Å²) in [7, 11) is -3.14. The summed E-state index contributed by atoms with van der Waals surface area (Å²) >= 11 is 11.9. The summed E-state index contributed by atoms with van der Waals surface area (Å²) in [6, 6.07) is 12.2. The monoisotopic (exact) mass is 441 g/mol. The highest BCUT2D eigenvalue weighted by Gasteiger charge is 2.23. The molecule has 1 aliphatic heterocycles. The molecular formula is C19H21Cl2N3O3S. The lowest BCUT2D eigenvalue weighted by atomic mass is 10.1. The third-order valence-electron chi connectivity index (χ3n) is 4.52. The van der Waals surface area contributed by atoms with Crippen molar-refractivity contribution in [3.05, 3.63) is 63.6 Å². The Kier molecular flexibility index (Phi) is 6.62. The van der Waals surface area contributed by atoms with Crippen molar-refractivity contribution < 1.29 is 13.2 Å². The van der Waals surface area contributed by atoms with Crippen molar-refractivity contribution in [2.45, 2.75) is 6.54 Å². The molecule has 0 radical (unpaired) electrons. The van der Waals surface area contributed by atoms with Gasteiger partial charge in [-0.25, -0.2) is 8.42 Å². The van der Waals surface area contributed by atoms with Crippen molar-refractivity contribution >= 4 is 44.8 Å². The van der Waals surface area contributed by atoms with Crippen LogP contribution in [0.2, 0.25) is 10.0 Å². The van der Waals surface area contributed by atoms with Gasteiger partial charge in [0.15, 0.2) is 0 Å². The number of rotatable bonds is 5. The minimum atomic E-state index is -3.14. The number of halogens is 2. The Balaban J connectivity index is 1.63. The molecule has 1 heterocycles. The minimum Gasteiger partial charge on any atom is -0.322 e. The van der Waals surface area contributed by atoms with Gasteiger partial charge < -0.3 is 5.32 Å². The predicted molar refractivity (Wildman–Crippen MR) is 113 cm³/mol. The standard InChI is InChI=1S/C19H21Cl2N3O3S/c1-28(26,27)24-7-5-23(6-8-24)13-14-3-2-4-15(9-14)19(25)22-18-11-16(20)10-17(21)12-18/h2-4,9-12H,5-8,13H2,1H3,(H,22,25). The molecule has 3 rings (SSSR count). The van der Waals surface area contributed by atoms with Crippen LogP contribution in [0.3, 0.4) is 0 Å². The molecule has 0 bridgehead atoms. The number of carbonyl (C=O) groups is 1. The molecule has 150 valence electrons. The van der Waals surface area contributed by atoms with Crippen molar-refractivity contribution in [1.82, 2.24) is 9.21 Å². The maximum Gasteiger partial charge on any atom is 0.255 e. The van der Waals surface area contributed by atoms with Crippen molar-refractivity contribution in [1.29, 1.82) is 0 Å². The molecule has 2 aromatic rings. The molecule has 0 aromatic heterocycles. The third-order valence-corrected chi connectivity index (χ3v) is 6.26. The van der Waals surface area contributed by atoms with E-state index in [9.17, 15) is 13.2 Å². The van der Waals surface area contributed by atoms with Gasteiger partial charge in [0.2, 0.25) is 10.0 Å². The Hall–Kier alpha value is -1.64. The van der Waals surface area contributed by atoms with Crippen LogP contribution in [-0.2, 0) is 16.6 Å². The third kappa shape index (κ3) is 5.68. The Morgan fingerprint density at radius 1 is 1.04 bits per heavy atom. The topological polar surface area (TPSA) is 69.7 Å². The molecule has 0 spiro atoms. The highest BCUT2D eigenvalue weighted by molar-refractivity contribution is 7.88. The van der Waals surface area contributed by atoms with Gasteiger partial charge >= 0.3 is 0 Å². The Bertz CT molecular complexity index is 954. The van der Waals surface area contributed by atoms with Gasteiger partial charge in [-0.05, 0) is 35.9 Å². The van der Waals surface area contributed by atoms with Gasteiger partial charge in [-0.1, -0.05) is 35.3 Å². The highest BCUT2D eigenvalue weighted by Crippen LogP contribution is 2.23. The first-order valence-corrected chi connectivity index (χ1v) is 11.3.